The summed E-state index contributed by atoms with van der Waals surface area (Å²) in [4.78, 5) is 31.6. The number of hydrogen-bond donors (Lipinski definition) is 2. The minimum Gasteiger partial charge on any atom is -0.478 e. The average Bonchev–Trinajstić information content (AvgIpc) is 2.33. The summed E-state index contributed by atoms with van der Waals surface area (Å²) in [5, 5.41) is 17.6. The zero-order valence-electron chi connectivity index (χ0n) is 9.57. The smallest absolute Gasteiger partial charge is 0.331 e. The van der Waals surface area contributed by atoms with Gasteiger partial charge < -0.3 is 19.7 Å². The third-order valence-corrected chi connectivity index (χ3v) is 1.64. The summed E-state index contributed by atoms with van der Waals surface area (Å²) in [6, 6.07) is 0. The number of carbonyl (C=O) groups is 3. The Kier molecular flexibility index (Phi) is 7.87. The number of carboxylic acid groups (broad SMARTS) is 1. The molecule has 18 heavy (non-hydrogen) atoms. The summed E-state index contributed by atoms with van der Waals surface area (Å²) in [6.45, 7) is 2.85. The maximum atomic E-state index is 10.9. The second-order valence-electron chi connectivity index (χ2n) is 3.12. The molecular weight excluding hydrogens is 244 g/mol. The summed E-state index contributed by atoms with van der Waals surface area (Å²) in [5.41, 5.74) is 0. The Hall–Kier alpha value is -2.15. The molecule has 0 spiro atoms. The molecule has 7 heteroatoms. The molecule has 0 aromatic carbocycles. The lowest BCUT2D eigenvalue weighted by molar-refractivity contribution is -0.143. The molecule has 0 bridgehead atoms. The highest BCUT2D eigenvalue weighted by Gasteiger charge is 2.08. The second kappa shape index (κ2) is 8.94. The van der Waals surface area contributed by atoms with Crippen molar-refractivity contribution in [2.45, 2.75) is 12.5 Å². The van der Waals surface area contributed by atoms with E-state index < -0.39 is 24.0 Å². The first kappa shape index (κ1) is 15.9. The molecule has 0 heterocycles. The van der Waals surface area contributed by atoms with Gasteiger partial charge in [-0.1, -0.05) is 6.58 Å². The normalized spacial score (nSPS) is 11.8. The maximum absolute atomic E-state index is 10.9. The van der Waals surface area contributed by atoms with Gasteiger partial charge in [0.1, 0.15) is 6.61 Å². The molecule has 0 saturated heterocycles. The van der Waals surface area contributed by atoms with Crippen LogP contribution in [-0.2, 0) is 23.9 Å². The van der Waals surface area contributed by atoms with Crippen molar-refractivity contribution in [1.29, 1.82) is 0 Å². The number of aliphatic hydroxyl groups excluding tert-OH is 1. The fraction of sp³-hybridized carbons (Fsp3) is 0.364. The van der Waals surface area contributed by atoms with Crippen LogP contribution in [0.2, 0.25) is 0 Å². The molecule has 0 aliphatic rings. The van der Waals surface area contributed by atoms with Crippen molar-refractivity contribution in [1.82, 2.24) is 0 Å². The van der Waals surface area contributed by atoms with Crippen LogP contribution >= 0.6 is 0 Å². The Morgan fingerprint density at radius 3 is 2.39 bits per heavy atom. The molecule has 0 aliphatic heterocycles. The van der Waals surface area contributed by atoms with Gasteiger partial charge in [-0.2, -0.15) is 0 Å². The summed E-state index contributed by atoms with van der Waals surface area (Å²) in [5.74, 6) is -2.76. The van der Waals surface area contributed by atoms with Crippen molar-refractivity contribution in [3.8, 4) is 0 Å². The van der Waals surface area contributed by atoms with E-state index in [1.807, 2.05) is 0 Å². The quantitative estimate of drug-likeness (QED) is 0.452. The molecule has 7 nitrogen and oxygen atoms in total. The number of ether oxygens (including phenoxy) is 2. The molecule has 0 aromatic heterocycles. The number of hydrogen-bond acceptors (Lipinski definition) is 6. The van der Waals surface area contributed by atoms with Crippen molar-refractivity contribution >= 4 is 17.9 Å². The van der Waals surface area contributed by atoms with Gasteiger partial charge in [-0.3, -0.25) is 0 Å². The van der Waals surface area contributed by atoms with E-state index in [9.17, 15) is 19.5 Å². The minimum absolute atomic E-state index is 0.0332. The summed E-state index contributed by atoms with van der Waals surface area (Å²) >= 11 is 0. The van der Waals surface area contributed by atoms with Gasteiger partial charge in [0.05, 0.1) is 12.7 Å². The molecule has 2 N–H and O–H groups in total. The lowest BCUT2D eigenvalue weighted by Crippen LogP contribution is -2.20. The highest BCUT2D eigenvalue weighted by Crippen LogP contribution is 1.95. The van der Waals surface area contributed by atoms with Gasteiger partial charge >= 0.3 is 17.9 Å². The van der Waals surface area contributed by atoms with Gasteiger partial charge in [0, 0.05) is 24.6 Å². The van der Waals surface area contributed by atoms with Crippen LogP contribution in [0.15, 0.2) is 24.8 Å². The van der Waals surface area contributed by atoms with Crippen molar-refractivity contribution in [3.05, 3.63) is 24.8 Å². The van der Waals surface area contributed by atoms with E-state index >= 15 is 0 Å². The van der Waals surface area contributed by atoms with Crippen LogP contribution in [0.4, 0.5) is 0 Å². The van der Waals surface area contributed by atoms with Gasteiger partial charge in [-0.05, 0) is 0 Å². The Morgan fingerprint density at radius 2 is 1.83 bits per heavy atom. The number of aliphatic carboxylic acids is 1. The topological polar surface area (TPSA) is 110 Å². The predicted molar refractivity (Wildman–Crippen MR) is 59.5 cm³/mol. The maximum Gasteiger partial charge on any atom is 0.331 e. The third kappa shape index (κ3) is 9.10. The molecule has 0 amide bonds. The van der Waals surface area contributed by atoms with E-state index in [-0.39, 0.29) is 19.6 Å². The predicted octanol–water partition coefficient (Wildman–Crippen LogP) is -0.349. The van der Waals surface area contributed by atoms with Crippen LogP contribution in [0.25, 0.3) is 0 Å². The first-order valence-corrected chi connectivity index (χ1v) is 5.00. The Labute approximate surface area is 103 Å². The Morgan fingerprint density at radius 1 is 1.17 bits per heavy atom. The molecule has 100 valence electrons. The van der Waals surface area contributed by atoms with E-state index in [4.69, 9.17) is 5.11 Å². The third-order valence-electron chi connectivity index (χ3n) is 1.64. The van der Waals surface area contributed by atoms with Crippen molar-refractivity contribution < 1.29 is 34.1 Å². The van der Waals surface area contributed by atoms with Crippen LogP contribution in [0.3, 0.4) is 0 Å². The van der Waals surface area contributed by atoms with Gasteiger partial charge in [0.15, 0.2) is 0 Å². The average molecular weight is 258 g/mol. The minimum atomic E-state index is -1.27. The largest absolute Gasteiger partial charge is 0.478 e. The number of aliphatic hydroxyl groups is 1. The lowest BCUT2D eigenvalue weighted by atomic mass is 10.3. The van der Waals surface area contributed by atoms with Gasteiger partial charge in [-0.15, -0.1) is 0 Å². The van der Waals surface area contributed by atoms with E-state index in [2.05, 4.69) is 16.1 Å². The molecule has 0 saturated carbocycles. The van der Waals surface area contributed by atoms with E-state index in [1.54, 1.807) is 0 Å². The molecule has 0 aliphatic carbocycles. The highest BCUT2D eigenvalue weighted by molar-refractivity contribution is 5.90. The summed E-state index contributed by atoms with van der Waals surface area (Å²) in [6.07, 6.45) is 1.44. The van der Waals surface area contributed by atoms with E-state index in [0.717, 1.165) is 12.2 Å². The molecule has 0 rings (SSSR count). The summed E-state index contributed by atoms with van der Waals surface area (Å²) < 4.78 is 9.14. The standard InChI is InChI=1S/C11H14O7/c1-2-10(15)17-6-5-8(12)7-18-11(16)4-3-9(13)14/h2-4,8,12H,1,5-7H2,(H,13,14)/b4-3-. The zero-order chi connectivity index (χ0) is 14.0. The summed E-state index contributed by atoms with van der Waals surface area (Å²) in [7, 11) is 0. The molecule has 0 fully saturated rings. The van der Waals surface area contributed by atoms with Gasteiger partial charge in [0.25, 0.3) is 0 Å². The molecular formula is C11H14O7. The van der Waals surface area contributed by atoms with Gasteiger partial charge in [0.2, 0.25) is 0 Å². The second-order valence-corrected chi connectivity index (χ2v) is 3.12. The molecule has 0 radical (unpaired) electrons. The SMILES string of the molecule is C=CC(=O)OCCC(O)COC(=O)/C=C\C(=O)O. The lowest BCUT2D eigenvalue weighted by Gasteiger charge is -2.09. The van der Waals surface area contributed by atoms with E-state index in [1.165, 1.54) is 0 Å². The van der Waals surface area contributed by atoms with Crippen LogP contribution in [-0.4, -0.2) is 47.4 Å². The number of esters is 2. The highest BCUT2D eigenvalue weighted by atomic mass is 16.5. The Balaban J connectivity index is 3.73. The van der Waals surface area contributed by atoms with Gasteiger partial charge in [-0.25, -0.2) is 14.4 Å². The monoisotopic (exact) mass is 258 g/mol. The number of carbonyl (C=O) groups excluding carboxylic acids is 2. The van der Waals surface area contributed by atoms with Crippen LogP contribution in [0.5, 0.6) is 0 Å². The molecule has 1 atom stereocenters. The van der Waals surface area contributed by atoms with Crippen LogP contribution in [0.1, 0.15) is 6.42 Å². The zero-order valence-corrected chi connectivity index (χ0v) is 9.57. The fourth-order valence-electron chi connectivity index (χ4n) is 0.804. The number of rotatable bonds is 8. The molecule has 0 aromatic rings. The molecule has 1 unspecified atom stereocenters. The van der Waals surface area contributed by atoms with Crippen LogP contribution in [0, 0.1) is 0 Å². The first-order valence-electron chi connectivity index (χ1n) is 5.00. The van der Waals surface area contributed by atoms with E-state index in [0.29, 0.717) is 6.08 Å². The number of carboxylic acids is 1. The van der Waals surface area contributed by atoms with Crippen molar-refractivity contribution in [2.24, 2.45) is 0 Å². The van der Waals surface area contributed by atoms with Crippen molar-refractivity contribution in [2.75, 3.05) is 13.2 Å². The first-order chi connectivity index (χ1) is 8.45. The fourth-order valence-corrected chi connectivity index (χ4v) is 0.804. The Bertz CT molecular complexity index is 345. The van der Waals surface area contributed by atoms with Crippen LogP contribution < -0.4 is 0 Å². The van der Waals surface area contributed by atoms with Crippen molar-refractivity contribution in [3.63, 3.8) is 0 Å².